The largest absolute Gasteiger partial charge is 0.489 e. The van der Waals surface area contributed by atoms with Crippen molar-refractivity contribution in [1.29, 1.82) is 0 Å². The topological polar surface area (TPSA) is 94.7 Å². The van der Waals surface area contributed by atoms with E-state index in [4.69, 9.17) is 21.1 Å². The maximum Gasteiger partial charge on any atom is 0.425 e. The summed E-state index contributed by atoms with van der Waals surface area (Å²) in [6.45, 7) is 0.102. The van der Waals surface area contributed by atoms with E-state index < -0.39 is 35.4 Å². The van der Waals surface area contributed by atoms with Crippen molar-refractivity contribution in [3.8, 4) is 18.1 Å². The molecule has 2 heterocycles. The van der Waals surface area contributed by atoms with Crippen molar-refractivity contribution in [2.45, 2.75) is 24.1 Å². The first-order valence-corrected chi connectivity index (χ1v) is 9.94. The van der Waals surface area contributed by atoms with Gasteiger partial charge in [0.25, 0.3) is 0 Å². The van der Waals surface area contributed by atoms with Crippen molar-refractivity contribution >= 4 is 36.3 Å². The number of aromatic nitrogens is 1. The lowest BCUT2D eigenvalue weighted by Gasteiger charge is -2.30. The predicted molar refractivity (Wildman–Crippen MR) is 91.7 cm³/mol. The van der Waals surface area contributed by atoms with Gasteiger partial charge in [-0.1, -0.05) is 0 Å². The Morgan fingerprint density at radius 3 is 2.80 bits per heavy atom. The number of pyridine rings is 1. The molecule has 1 aliphatic heterocycles. The van der Waals surface area contributed by atoms with E-state index in [0.29, 0.717) is 9.21 Å². The van der Waals surface area contributed by atoms with Crippen molar-refractivity contribution in [3.63, 3.8) is 0 Å². The molecule has 1 aromatic heterocycles. The Kier molecular flexibility index (Phi) is 5.48. The van der Waals surface area contributed by atoms with Crippen molar-refractivity contribution in [2.24, 2.45) is 5.73 Å². The molecule has 1 aromatic rings. The minimum atomic E-state index is -5.10. The van der Waals surface area contributed by atoms with E-state index in [1.165, 1.54) is 6.92 Å². The number of amides is 1. The molecule has 0 unspecified atom stereocenters. The summed E-state index contributed by atoms with van der Waals surface area (Å²) in [5, 5.41) is 10.3. The molecule has 2 atom stereocenters. The van der Waals surface area contributed by atoms with E-state index in [1.54, 1.807) is 21.2 Å². The van der Waals surface area contributed by atoms with Crippen molar-refractivity contribution in [3.05, 3.63) is 23.0 Å². The molecule has 0 saturated heterocycles. The molecule has 0 fully saturated rings. The summed E-state index contributed by atoms with van der Waals surface area (Å²) < 4.78 is 50.5. The van der Waals surface area contributed by atoms with Gasteiger partial charge in [-0.25, -0.2) is 4.98 Å². The Morgan fingerprint density at radius 1 is 1.68 bits per heavy atom. The number of terminal acetylenes is 1. The maximum atomic E-state index is 13.5. The molecule has 2 rings (SSSR count). The fraction of sp³-hybridized carbons (Fsp3) is 0.429. The van der Waals surface area contributed by atoms with Crippen LogP contribution >= 0.6 is 30.4 Å². The summed E-state index contributed by atoms with van der Waals surface area (Å²) in [5.74, 6) is 1.31. The monoisotopic (exact) mass is 488 g/mol. The third-order valence-electron chi connectivity index (χ3n) is 3.96. The molecule has 0 radical (unpaired) electrons. The number of alkyl halides is 3. The van der Waals surface area contributed by atoms with Crippen LogP contribution < -0.4 is 10.5 Å². The summed E-state index contributed by atoms with van der Waals surface area (Å²) in [6, 6.07) is 0.933. The summed E-state index contributed by atoms with van der Waals surface area (Å²) >= 11 is 1.61. The highest BCUT2D eigenvalue weighted by Crippen LogP contribution is 2.45. The molecule has 0 spiro atoms. The number of primary amides is 1. The van der Waals surface area contributed by atoms with Crippen LogP contribution in [0.1, 0.15) is 23.9 Å². The first kappa shape index (κ1) is 20.1. The molecule has 11 heteroatoms. The van der Waals surface area contributed by atoms with Gasteiger partial charge in [-0.3, -0.25) is 4.79 Å². The Hall–Kier alpha value is -1.23. The summed E-state index contributed by atoms with van der Waals surface area (Å²) in [4.78, 5) is 15.5. The summed E-state index contributed by atoms with van der Waals surface area (Å²) in [7, 11) is 0.622. The van der Waals surface area contributed by atoms with E-state index in [-0.39, 0.29) is 23.6 Å². The van der Waals surface area contributed by atoms with Gasteiger partial charge in [-0.2, -0.15) is 13.2 Å². The molecule has 25 heavy (non-hydrogen) atoms. The highest BCUT2D eigenvalue weighted by atomic mass is 127. The van der Waals surface area contributed by atoms with Crippen molar-refractivity contribution < 1.29 is 32.0 Å². The fourth-order valence-electron chi connectivity index (χ4n) is 2.31. The number of carbonyl (C=O) groups excluding carboxylic acids is 1. The molecule has 136 valence electrons. The standard InChI is InChI=1S/C14H12F3IN2O4S/c1-3-8-10-7(12(2,5-23-10)11(19)21)4-9(20-8)13(22,6-24-25-18)14(15,16)17/h1,4,22H,5-6H2,2H3,(H2,19,21)/t12-,13-/m0/s1. The van der Waals surface area contributed by atoms with Gasteiger partial charge in [-0.15, -0.1) is 6.42 Å². The number of ether oxygens (including phenoxy) is 1. The number of fused-ring (bicyclic) bond motifs is 1. The zero-order chi connectivity index (χ0) is 19.0. The maximum absolute atomic E-state index is 13.5. The number of carbonyl (C=O) groups is 1. The Bertz CT molecular complexity index is 755. The van der Waals surface area contributed by atoms with Gasteiger partial charge in [0, 0.05) is 26.8 Å². The average Bonchev–Trinajstić information content (AvgIpc) is 2.89. The molecule has 0 aliphatic carbocycles. The molecule has 3 N–H and O–H groups in total. The minimum Gasteiger partial charge on any atom is -0.489 e. The van der Waals surface area contributed by atoms with Gasteiger partial charge in [0.1, 0.15) is 18.6 Å². The van der Waals surface area contributed by atoms with Crippen LogP contribution in [0.5, 0.6) is 5.75 Å². The van der Waals surface area contributed by atoms with Crippen molar-refractivity contribution in [2.75, 3.05) is 13.2 Å². The molecule has 1 amide bonds. The number of hydrogen-bond donors (Lipinski definition) is 2. The normalized spacial score (nSPS) is 21.8. The first-order chi connectivity index (χ1) is 11.5. The lowest BCUT2D eigenvalue weighted by molar-refractivity contribution is -0.275. The lowest BCUT2D eigenvalue weighted by Crippen LogP contribution is -2.47. The molecule has 6 nitrogen and oxygen atoms in total. The van der Waals surface area contributed by atoms with E-state index in [0.717, 1.165) is 6.07 Å². The highest BCUT2D eigenvalue weighted by Gasteiger charge is 2.58. The van der Waals surface area contributed by atoms with Gasteiger partial charge >= 0.3 is 6.18 Å². The van der Waals surface area contributed by atoms with Crippen LogP contribution in [-0.2, 0) is 20.0 Å². The predicted octanol–water partition coefficient (Wildman–Crippen LogP) is 1.96. The van der Waals surface area contributed by atoms with E-state index >= 15 is 0 Å². The van der Waals surface area contributed by atoms with E-state index in [1.807, 2.05) is 0 Å². The van der Waals surface area contributed by atoms with Gasteiger partial charge in [0.05, 0.1) is 14.9 Å². The van der Waals surface area contributed by atoms with Crippen LogP contribution in [0.3, 0.4) is 0 Å². The van der Waals surface area contributed by atoms with Crippen LogP contribution in [0, 0.1) is 12.3 Å². The molecular weight excluding hydrogens is 476 g/mol. The Labute approximate surface area is 157 Å². The molecule has 0 bridgehead atoms. The third-order valence-corrected chi connectivity index (χ3v) is 4.93. The summed E-state index contributed by atoms with van der Waals surface area (Å²) in [6.07, 6.45) is 0.199. The fourth-order valence-corrected chi connectivity index (χ4v) is 2.90. The zero-order valence-electron chi connectivity index (χ0n) is 12.7. The van der Waals surface area contributed by atoms with Gasteiger partial charge in [0.2, 0.25) is 11.5 Å². The van der Waals surface area contributed by atoms with Crippen LogP contribution in [0.25, 0.3) is 0 Å². The number of halogens is 4. The minimum absolute atomic E-state index is 0.00117. The van der Waals surface area contributed by atoms with E-state index in [9.17, 15) is 23.1 Å². The van der Waals surface area contributed by atoms with Crippen LogP contribution in [-0.4, -0.2) is 35.4 Å². The number of aliphatic hydroxyl groups is 1. The third kappa shape index (κ3) is 3.27. The van der Waals surface area contributed by atoms with Crippen molar-refractivity contribution in [1.82, 2.24) is 4.98 Å². The Morgan fingerprint density at radius 2 is 2.32 bits per heavy atom. The highest BCUT2D eigenvalue weighted by molar-refractivity contribution is 14.2. The second-order valence-electron chi connectivity index (χ2n) is 5.55. The van der Waals surface area contributed by atoms with E-state index in [2.05, 4.69) is 10.9 Å². The number of hydrogen-bond acceptors (Lipinski definition) is 6. The lowest BCUT2D eigenvalue weighted by atomic mass is 9.82. The molecular formula is C14H12F3IN2O4S. The van der Waals surface area contributed by atoms with Gasteiger partial charge in [-0.05, 0) is 18.9 Å². The average molecular weight is 488 g/mol. The number of nitrogens with zero attached hydrogens (tertiary/aromatic N) is 1. The zero-order valence-corrected chi connectivity index (χ0v) is 15.7. The molecule has 0 aromatic carbocycles. The van der Waals surface area contributed by atoms with Gasteiger partial charge < -0.3 is 19.8 Å². The van der Waals surface area contributed by atoms with Crippen LogP contribution in [0.4, 0.5) is 13.2 Å². The van der Waals surface area contributed by atoms with Crippen LogP contribution in [0.15, 0.2) is 6.07 Å². The Balaban J connectivity index is 2.71. The smallest absolute Gasteiger partial charge is 0.425 e. The van der Waals surface area contributed by atoms with Gasteiger partial charge in [0.15, 0.2) is 11.4 Å². The molecule has 1 aliphatic rings. The second-order valence-corrected chi connectivity index (χ2v) is 6.99. The number of rotatable bonds is 5. The quantitative estimate of drug-likeness (QED) is 0.374. The molecule has 0 saturated carbocycles. The number of nitrogens with two attached hydrogens (primary N) is 1. The first-order valence-electron chi connectivity index (χ1n) is 6.66. The second kappa shape index (κ2) is 6.82. The van der Waals surface area contributed by atoms with Crippen LogP contribution in [0.2, 0.25) is 0 Å². The SMILES string of the molecule is C#Cc1nc([C@@](O)(COSI)C(F)(F)F)cc2c1OC[C@]2(C)C(N)=O. The summed E-state index contributed by atoms with van der Waals surface area (Å²) in [5.41, 5.74) is -0.477.